The first-order chi connectivity index (χ1) is 12.9. The van der Waals surface area contributed by atoms with Crippen LogP contribution in [-0.4, -0.2) is 34.0 Å². The van der Waals surface area contributed by atoms with Gasteiger partial charge >= 0.3 is 6.18 Å². The minimum Gasteiger partial charge on any atom is -0.545 e. The van der Waals surface area contributed by atoms with E-state index in [1.54, 1.807) is 24.6 Å². The Hall–Kier alpha value is -3.22. The Morgan fingerprint density at radius 3 is 2.50 bits per heavy atom. The molecule has 1 N–H and O–H groups in total. The van der Waals surface area contributed by atoms with Crippen molar-refractivity contribution < 1.29 is 31.5 Å². The first-order valence-electron chi connectivity index (χ1n) is 7.55. The van der Waals surface area contributed by atoms with E-state index in [4.69, 9.17) is 0 Å². The number of benzene rings is 1. The standard InChI is InChI=1S/C15H12F3N5O4S/c1-7-6-8(2)23-13(19-7)20-14(21-23)28(26,27)22-11-9(12(24)25)4-3-5-10(11)15(16,17)18/h3-6,22H,1-2H3,(H,24,25)/p-1. The fourth-order valence-electron chi connectivity index (χ4n) is 2.51. The molecule has 0 unspecified atom stereocenters. The number of aromatic nitrogens is 4. The third kappa shape index (κ3) is 3.47. The number of fused-ring (bicyclic) bond motifs is 1. The van der Waals surface area contributed by atoms with Crippen LogP contribution in [0.4, 0.5) is 18.9 Å². The number of carbonyl (C=O) groups excluding carboxylic acids is 1. The van der Waals surface area contributed by atoms with Gasteiger partial charge in [0.15, 0.2) is 0 Å². The average Bonchev–Trinajstić information content (AvgIpc) is 2.98. The molecule has 0 aliphatic rings. The number of rotatable bonds is 4. The number of nitrogens with zero attached hydrogens (tertiary/aromatic N) is 4. The Bertz CT molecular complexity index is 1200. The fourth-order valence-corrected chi connectivity index (χ4v) is 3.48. The van der Waals surface area contributed by atoms with Crippen LogP contribution in [-0.2, 0) is 16.2 Å². The number of carbonyl (C=O) groups is 1. The van der Waals surface area contributed by atoms with Gasteiger partial charge in [0, 0.05) is 17.0 Å². The van der Waals surface area contributed by atoms with Gasteiger partial charge in [-0.3, -0.25) is 4.72 Å². The minimum atomic E-state index is -5.02. The van der Waals surface area contributed by atoms with Gasteiger partial charge in [-0.1, -0.05) is 12.1 Å². The second kappa shape index (κ2) is 6.44. The van der Waals surface area contributed by atoms with Crippen LogP contribution in [0.2, 0.25) is 0 Å². The highest BCUT2D eigenvalue weighted by atomic mass is 32.2. The van der Waals surface area contributed by atoms with Crippen molar-refractivity contribution in [1.82, 2.24) is 19.6 Å². The van der Waals surface area contributed by atoms with E-state index >= 15 is 0 Å². The summed E-state index contributed by atoms with van der Waals surface area (Å²) in [6, 6.07) is 3.74. The third-order valence-corrected chi connectivity index (χ3v) is 4.79. The van der Waals surface area contributed by atoms with Crippen LogP contribution >= 0.6 is 0 Å². The van der Waals surface area contributed by atoms with E-state index in [-0.39, 0.29) is 5.78 Å². The zero-order valence-electron chi connectivity index (χ0n) is 14.3. The Balaban J connectivity index is 2.16. The van der Waals surface area contributed by atoms with Gasteiger partial charge in [-0.25, -0.2) is 9.50 Å². The summed E-state index contributed by atoms with van der Waals surface area (Å²) in [7, 11) is -4.77. The Kier molecular flexibility index (Phi) is 4.49. The van der Waals surface area contributed by atoms with Crippen LogP contribution in [0.5, 0.6) is 0 Å². The monoisotopic (exact) mass is 414 g/mol. The molecule has 0 spiro atoms. The Morgan fingerprint density at radius 1 is 1.21 bits per heavy atom. The predicted molar refractivity (Wildman–Crippen MR) is 86.8 cm³/mol. The van der Waals surface area contributed by atoms with Crippen molar-refractivity contribution in [2.75, 3.05) is 4.72 Å². The van der Waals surface area contributed by atoms with E-state index in [9.17, 15) is 31.5 Å². The van der Waals surface area contributed by atoms with Gasteiger partial charge in [0.2, 0.25) is 0 Å². The molecule has 0 fully saturated rings. The molecule has 0 bridgehead atoms. The van der Waals surface area contributed by atoms with E-state index < -0.39 is 44.1 Å². The third-order valence-electron chi connectivity index (χ3n) is 3.67. The number of carboxylic acids is 1. The summed E-state index contributed by atoms with van der Waals surface area (Å²) in [5.74, 6) is -2.07. The molecule has 0 radical (unpaired) electrons. The maximum atomic E-state index is 13.2. The van der Waals surface area contributed by atoms with Crippen molar-refractivity contribution in [1.29, 1.82) is 0 Å². The lowest BCUT2D eigenvalue weighted by atomic mass is 10.1. The maximum Gasteiger partial charge on any atom is 0.418 e. The van der Waals surface area contributed by atoms with E-state index in [2.05, 4.69) is 15.1 Å². The molecule has 0 saturated carbocycles. The topological polar surface area (TPSA) is 129 Å². The number of alkyl halides is 3. The molecule has 0 saturated heterocycles. The van der Waals surface area contributed by atoms with Crippen molar-refractivity contribution in [3.8, 4) is 0 Å². The minimum absolute atomic E-state index is 0.0814. The summed E-state index contributed by atoms with van der Waals surface area (Å²) < 4.78 is 67.6. The number of hydrogen-bond donors (Lipinski definition) is 1. The number of para-hydroxylation sites is 1. The van der Waals surface area contributed by atoms with Gasteiger partial charge in [0.25, 0.3) is 21.0 Å². The summed E-state index contributed by atoms with van der Waals surface area (Å²) in [6.45, 7) is 3.24. The normalized spacial score (nSPS) is 12.3. The van der Waals surface area contributed by atoms with Crippen LogP contribution in [0.25, 0.3) is 5.78 Å². The van der Waals surface area contributed by atoms with Crippen molar-refractivity contribution in [2.45, 2.75) is 25.2 Å². The van der Waals surface area contributed by atoms with E-state index in [0.717, 1.165) is 16.6 Å². The number of sulfonamides is 1. The molecule has 3 rings (SSSR count). The molecule has 1 aromatic carbocycles. The van der Waals surface area contributed by atoms with Crippen LogP contribution < -0.4 is 9.83 Å². The quantitative estimate of drug-likeness (QED) is 0.672. The van der Waals surface area contributed by atoms with Crippen molar-refractivity contribution in [2.24, 2.45) is 0 Å². The van der Waals surface area contributed by atoms with E-state index in [1.807, 2.05) is 0 Å². The molecule has 13 heteroatoms. The van der Waals surface area contributed by atoms with Gasteiger partial charge in [0.1, 0.15) is 0 Å². The van der Waals surface area contributed by atoms with Crippen molar-refractivity contribution >= 4 is 27.5 Å². The number of nitrogens with one attached hydrogen (secondary N) is 1. The van der Waals surface area contributed by atoms with E-state index in [1.165, 1.54) is 0 Å². The highest BCUT2D eigenvalue weighted by molar-refractivity contribution is 7.92. The van der Waals surface area contributed by atoms with Gasteiger partial charge in [-0.2, -0.15) is 26.6 Å². The summed E-state index contributed by atoms with van der Waals surface area (Å²) in [5.41, 5.74) is -2.65. The molecule has 148 valence electrons. The second-order valence-electron chi connectivity index (χ2n) is 5.76. The van der Waals surface area contributed by atoms with Crippen LogP contribution in [0.15, 0.2) is 29.4 Å². The molecule has 0 atom stereocenters. The lowest BCUT2D eigenvalue weighted by Gasteiger charge is -2.18. The van der Waals surface area contributed by atoms with Crippen molar-refractivity contribution in [3.05, 3.63) is 46.8 Å². The van der Waals surface area contributed by atoms with Crippen LogP contribution in [0, 0.1) is 13.8 Å². The summed E-state index contributed by atoms with van der Waals surface area (Å²) in [4.78, 5) is 18.9. The first kappa shape index (κ1) is 19.5. The van der Waals surface area contributed by atoms with Gasteiger partial charge in [-0.05, 0) is 26.0 Å². The molecule has 0 amide bonds. The molecule has 9 nitrogen and oxygen atoms in total. The molecule has 2 heterocycles. The number of hydrogen-bond acceptors (Lipinski definition) is 7. The highest BCUT2D eigenvalue weighted by Gasteiger charge is 2.36. The largest absolute Gasteiger partial charge is 0.545 e. The number of carboxylic acid groups (broad SMARTS) is 1. The lowest BCUT2D eigenvalue weighted by Crippen LogP contribution is -2.27. The molecule has 2 aromatic heterocycles. The fraction of sp³-hybridized carbons (Fsp3) is 0.200. The molecular weight excluding hydrogens is 403 g/mol. The molecule has 0 aliphatic carbocycles. The van der Waals surface area contributed by atoms with Crippen LogP contribution in [0.1, 0.15) is 27.3 Å². The highest BCUT2D eigenvalue weighted by Crippen LogP contribution is 2.37. The SMILES string of the molecule is Cc1cc(C)n2nc(S(=O)(=O)Nc3c(C(=O)[O-])cccc3C(F)(F)F)nc2n1. The number of aryl methyl sites for hydroxylation is 2. The summed E-state index contributed by atoms with van der Waals surface area (Å²) >= 11 is 0. The smallest absolute Gasteiger partial charge is 0.418 e. The first-order valence-corrected chi connectivity index (χ1v) is 9.04. The maximum absolute atomic E-state index is 13.2. The summed E-state index contributed by atoms with van der Waals surface area (Å²) in [5, 5.41) is 14.1. The lowest BCUT2D eigenvalue weighted by molar-refractivity contribution is -0.254. The Labute approximate surface area is 155 Å². The molecule has 3 aromatic rings. The second-order valence-corrected chi connectivity index (χ2v) is 7.34. The zero-order chi connectivity index (χ0) is 20.9. The molecule has 0 aliphatic heterocycles. The molecule has 28 heavy (non-hydrogen) atoms. The van der Waals surface area contributed by atoms with Gasteiger partial charge in [0.05, 0.1) is 17.2 Å². The average molecular weight is 414 g/mol. The van der Waals surface area contributed by atoms with Gasteiger partial charge < -0.3 is 9.90 Å². The zero-order valence-corrected chi connectivity index (χ0v) is 15.1. The number of halogens is 3. The molecular formula is C15H11F3N5O4S-. The predicted octanol–water partition coefficient (Wildman–Crippen LogP) is 0.924. The Morgan fingerprint density at radius 2 is 1.89 bits per heavy atom. The van der Waals surface area contributed by atoms with Crippen molar-refractivity contribution in [3.63, 3.8) is 0 Å². The van der Waals surface area contributed by atoms with E-state index in [0.29, 0.717) is 17.5 Å². The van der Waals surface area contributed by atoms with Gasteiger partial charge in [-0.15, -0.1) is 5.10 Å². The number of anilines is 1. The summed E-state index contributed by atoms with van der Waals surface area (Å²) in [6.07, 6.45) is -5.02. The van der Waals surface area contributed by atoms with Crippen LogP contribution in [0.3, 0.4) is 0 Å². The number of aromatic carboxylic acids is 1.